The van der Waals surface area contributed by atoms with Crippen LogP contribution in [0.4, 0.5) is 0 Å². The van der Waals surface area contributed by atoms with Gasteiger partial charge in [0.25, 0.3) is 0 Å². The molecule has 1 atom stereocenters. The van der Waals surface area contributed by atoms with E-state index < -0.39 is 0 Å². The molecular weight excluding hydrogens is 282 g/mol. The van der Waals surface area contributed by atoms with Crippen LogP contribution in [-0.2, 0) is 4.74 Å². The maximum absolute atomic E-state index is 6.19. The second-order valence-corrected chi connectivity index (χ2v) is 6.44. The van der Waals surface area contributed by atoms with Gasteiger partial charge in [-0.3, -0.25) is 4.90 Å². The first kappa shape index (κ1) is 16.3. The molecule has 0 saturated heterocycles. The van der Waals surface area contributed by atoms with E-state index in [4.69, 9.17) is 4.74 Å². The van der Waals surface area contributed by atoms with Crippen LogP contribution < -0.4 is 0 Å². The van der Waals surface area contributed by atoms with E-state index >= 15 is 0 Å². The molecule has 2 aliphatic rings. The Morgan fingerprint density at radius 1 is 1.04 bits per heavy atom. The maximum atomic E-state index is 6.19. The van der Waals surface area contributed by atoms with Gasteiger partial charge in [0.1, 0.15) is 11.3 Å². The Morgan fingerprint density at radius 3 is 2.43 bits per heavy atom. The third-order valence-electron chi connectivity index (χ3n) is 5.41. The lowest BCUT2D eigenvalue weighted by molar-refractivity contribution is 0.0688. The summed E-state index contributed by atoms with van der Waals surface area (Å²) >= 11 is 0. The van der Waals surface area contributed by atoms with E-state index in [0.717, 1.165) is 19.7 Å². The van der Waals surface area contributed by atoms with Crippen LogP contribution in [-0.4, -0.2) is 30.1 Å². The number of fused-ring (bicyclic) bond motifs is 1. The molecular formula is C21H29NO. The fraction of sp³-hybridized carbons (Fsp3) is 0.524. The van der Waals surface area contributed by atoms with E-state index in [1.165, 1.54) is 42.6 Å². The zero-order valence-electron chi connectivity index (χ0n) is 14.8. The fourth-order valence-electron chi connectivity index (χ4n) is 4.47. The summed E-state index contributed by atoms with van der Waals surface area (Å²) in [5, 5.41) is 0. The van der Waals surface area contributed by atoms with Crippen molar-refractivity contribution in [3.8, 4) is 0 Å². The van der Waals surface area contributed by atoms with Crippen LogP contribution in [0.3, 0.4) is 0 Å². The summed E-state index contributed by atoms with van der Waals surface area (Å²) in [7, 11) is 0. The van der Waals surface area contributed by atoms with Crippen LogP contribution in [0.25, 0.3) is 5.57 Å². The van der Waals surface area contributed by atoms with Crippen molar-refractivity contribution in [1.29, 1.82) is 0 Å². The van der Waals surface area contributed by atoms with Crippen molar-refractivity contribution in [2.75, 3.05) is 19.7 Å². The molecule has 2 aliphatic carbocycles. The summed E-state index contributed by atoms with van der Waals surface area (Å²) in [5.41, 5.74) is 4.32. The second kappa shape index (κ2) is 6.92. The number of likely N-dealkylation sites (N-methyl/N-ethyl adjacent to an activating group) is 1. The topological polar surface area (TPSA) is 12.5 Å². The molecule has 0 unspecified atom stereocenters. The number of rotatable bonds is 6. The lowest BCUT2D eigenvalue weighted by Gasteiger charge is -2.46. The molecule has 1 fully saturated rings. The SMILES string of the molecule is CCOC1=CC(c2ccccc2)=C2CCCC[C@]12N(CC)CC. The molecule has 0 aliphatic heterocycles. The molecule has 124 valence electrons. The molecule has 0 heterocycles. The Hall–Kier alpha value is -1.54. The minimum atomic E-state index is 0.00291. The molecule has 0 spiro atoms. The van der Waals surface area contributed by atoms with Gasteiger partial charge in [-0.05, 0) is 62.1 Å². The number of ether oxygens (including phenoxy) is 1. The van der Waals surface area contributed by atoms with Gasteiger partial charge in [0, 0.05) is 0 Å². The van der Waals surface area contributed by atoms with Gasteiger partial charge in [0.15, 0.2) is 0 Å². The fourth-order valence-corrected chi connectivity index (χ4v) is 4.47. The highest BCUT2D eigenvalue weighted by Gasteiger charge is 2.49. The van der Waals surface area contributed by atoms with E-state index in [2.05, 4.69) is 62.1 Å². The van der Waals surface area contributed by atoms with Crippen molar-refractivity contribution >= 4 is 5.57 Å². The Bertz CT molecular complexity index is 598. The van der Waals surface area contributed by atoms with E-state index in [-0.39, 0.29) is 5.54 Å². The molecule has 0 amide bonds. The van der Waals surface area contributed by atoms with Gasteiger partial charge >= 0.3 is 0 Å². The smallest absolute Gasteiger partial charge is 0.121 e. The molecule has 2 heteroatoms. The Morgan fingerprint density at radius 2 is 1.78 bits per heavy atom. The van der Waals surface area contributed by atoms with Crippen LogP contribution in [0.2, 0.25) is 0 Å². The lowest BCUT2D eigenvalue weighted by Crippen LogP contribution is -2.52. The summed E-state index contributed by atoms with van der Waals surface area (Å²) in [5.74, 6) is 1.18. The third-order valence-corrected chi connectivity index (χ3v) is 5.41. The van der Waals surface area contributed by atoms with Gasteiger partial charge in [-0.2, -0.15) is 0 Å². The summed E-state index contributed by atoms with van der Waals surface area (Å²) in [6.45, 7) is 9.51. The van der Waals surface area contributed by atoms with Crippen LogP contribution in [0.15, 0.2) is 47.7 Å². The van der Waals surface area contributed by atoms with E-state index in [1.54, 1.807) is 5.57 Å². The zero-order valence-corrected chi connectivity index (χ0v) is 14.8. The first-order valence-corrected chi connectivity index (χ1v) is 9.17. The first-order chi connectivity index (χ1) is 11.3. The molecule has 0 N–H and O–H groups in total. The van der Waals surface area contributed by atoms with Gasteiger partial charge in [-0.15, -0.1) is 0 Å². The molecule has 0 aromatic heterocycles. The van der Waals surface area contributed by atoms with E-state index in [0.29, 0.717) is 0 Å². The van der Waals surface area contributed by atoms with Crippen molar-refractivity contribution in [2.45, 2.75) is 52.0 Å². The molecule has 2 nitrogen and oxygen atoms in total. The van der Waals surface area contributed by atoms with Crippen LogP contribution in [0.5, 0.6) is 0 Å². The van der Waals surface area contributed by atoms with Crippen LogP contribution >= 0.6 is 0 Å². The highest BCUT2D eigenvalue weighted by atomic mass is 16.5. The quantitative estimate of drug-likeness (QED) is 0.730. The van der Waals surface area contributed by atoms with Crippen molar-refractivity contribution in [1.82, 2.24) is 4.90 Å². The summed E-state index contributed by atoms with van der Waals surface area (Å²) in [6.07, 6.45) is 7.28. The summed E-state index contributed by atoms with van der Waals surface area (Å²) < 4.78 is 6.19. The van der Waals surface area contributed by atoms with E-state index in [9.17, 15) is 0 Å². The third kappa shape index (κ3) is 2.63. The van der Waals surface area contributed by atoms with Gasteiger partial charge in [0.05, 0.1) is 6.61 Å². The van der Waals surface area contributed by atoms with Crippen molar-refractivity contribution in [3.05, 3.63) is 53.3 Å². The zero-order chi connectivity index (χ0) is 16.3. The molecule has 23 heavy (non-hydrogen) atoms. The first-order valence-electron chi connectivity index (χ1n) is 9.17. The number of allylic oxidation sites excluding steroid dienone is 2. The molecule has 1 saturated carbocycles. The Kier molecular flexibility index (Phi) is 4.91. The van der Waals surface area contributed by atoms with Crippen molar-refractivity contribution in [3.63, 3.8) is 0 Å². The highest BCUT2D eigenvalue weighted by molar-refractivity contribution is 5.83. The van der Waals surface area contributed by atoms with Gasteiger partial charge in [0.2, 0.25) is 0 Å². The second-order valence-electron chi connectivity index (χ2n) is 6.44. The Balaban J connectivity index is 2.15. The predicted octanol–water partition coefficient (Wildman–Crippen LogP) is 5.03. The van der Waals surface area contributed by atoms with Crippen molar-refractivity contribution in [2.24, 2.45) is 0 Å². The summed E-state index contributed by atoms with van der Waals surface area (Å²) in [6, 6.07) is 10.8. The average molecular weight is 311 g/mol. The van der Waals surface area contributed by atoms with E-state index in [1.807, 2.05) is 0 Å². The highest BCUT2D eigenvalue weighted by Crippen LogP contribution is 2.51. The largest absolute Gasteiger partial charge is 0.496 e. The molecule has 1 aromatic rings. The summed E-state index contributed by atoms with van der Waals surface area (Å²) in [4.78, 5) is 2.61. The average Bonchev–Trinajstić information content (AvgIpc) is 2.93. The molecule has 3 rings (SSSR count). The lowest BCUT2D eigenvalue weighted by atomic mass is 9.75. The standard InChI is InChI=1S/C21H29NO/c1-4-22(5-2)21-15-11-10-14-19(21)18(16-20(21)23-6-3)17-12-8-7-9-13-17/h7-9,12-13,16H,4-6,10-11,14-15H2,1-3H3/t21-/m1/s1. The number of nitrogens with zero attached hydrogens (tertiary/aromatic N) is 1. The van der Waals surface area contributed by atoms with Crippen molar-refractivity contribution < 1.29 is 4.74 Å². The van der Waals surface area contributed by atoms with Crippen LogP contribution in [0.1, 0.15) is 52.0 Å². The predicted molar refractivity (Wildman–Crippen MR) is 97.2 cm³/mol. The minimum Gasteiger partial charge on any atom is -0.496 e. The molecule has 0 radical (unpaired) electrons. The normalized spacial score (nSPS) is 23.9. The number of hydrogen-bond donors (Lipinski definition) is 0. The minimum absolute atomic E-state index is 0.00291. The van der Waals surface area contributed by atoms with Gasteiger partial charge < -0.3 is 4.74 Å². The number of hydrogen-bond acceptors (Lipinski definition) is 2. The Labute approximate surface area is 140 Å². The maximum Gasteiger partial charge on any atom is 0.121 e. The van der Waals surface area contributed by atoms with Gasteiger partial charge in [-0.25, -0.2) is 0 Å². The van der Waals surface area contributed by atoms with Crippen LogP contribution in [0, 0.1) is 0 Å². The molecule has 1 aromatic carbocycles. The monoisotopic (exact) mass is 311 g/mol. The van der Waals surface area contributed by atoms with Gasteiger partial charge in [-0.1, -0.05) is 50.6 Å². The number of benzene rings is 1. The molecule has 0 bridgehead atoms.